The van der Waals surface area contributed by atoms with Crippen molar-refractivity contribution in [2.45, 2.75) is 25.7 Å². The topological polar surface area (TPSA) is 48.5 Å². The molecule has 27 heavy (non-hydrogen) atoms. The van der Waals surface area contributed by atoms with Gasteiger partial charge in [-0.1, -0.05) is 30.7 Å². The highest BCUT2D eigenvalue weighted by Crippen LogP contribution is 2.35. The molecule has 1 N–H and O–H groups in total. The minimum absolute atomic E-state index is 0.0866. The summed E-state index contributed by atoms with van der Waals surface area (Å²) in [5.74, 6) is 0.702. The summed E-state index contributed by atoms with van der Waals surface area (Å²) in [5.41, 5.74) is 2.32. The van der Waals surface area contributed by atoms with Crippen LogP contribution in [0.1, 0.15) is 36.0 Å². The Morgan fingerprint density at radius 1 is 1.04 bits per heavy atom. The fraction of sp³-hybridized carbons (Fsp3) is 0.364. The Morgan fingerprint density at radius 2 is 1.89 bits per heavy atom. The predicted octanol–water partition coefficient (Wildman–Crippen LogP) is 4.22. The molecule has 2 aliphatic heterocycles. The molecule has 0 aliphatic carbocycles. The van der Waals surface area contributed by atoms with Crippen LogP contribution in [0.3, 0.4) is 0 Å². The van der Waals surface area contributed by atoms with Crippen LogP contribution in [0, 0.1) is 0 Å². The van der Waals surface area contributed by atoms with Crippen molar-refractivity contribution < 1.29 is 4.79 Å². The van der Waals surface area contributed by atoms with Gasteiger partial charge < -0.3 is 15.1 Å². The van der Waals surface area contributed by atoms with Gasteiger partial charge in [-0.2, -0.15) is 0 Å². The third-order valence-electron chi connectivity index (χ3n) is 5.25. The van der Waals surface area contributed by atoms with Crippen LogP contribution in [0.2, 0.25) is 0 Å². The van der Waals surface area contributed by atoms with E-state index in [1.54, 1.807) is 6.20 Å². The summed E-state index contributed by atoms with van der Waals surface area (Å²) in [4.78, 5) is 21.8. The van der Waals surface area contributed by atoms with E-state index in [1.165, 1.54) is 32.4 Å². The molecule has 0 atom stereocenters. The van der Waals surface area contributed by atoms with Gasteiger partial charge in [-0.25, -0.2) is 4.98 Å². The highest BCUT2D eigenvalue weighted by molar-refractivity contribution is 6.12. The Hall–Kier alpha value is -2.66. The lowest BCUT2D eigenvalue weighted by Crippen LogP contribution is -2.30. The molecule has 3 heterocycles. The molecular weight excluding hydrogens is 336 g/mol. The first-order chi connectivity index (χ1) is 13.3. The van der Waals surface area contributed by atoms with Crippen LogP contribution >= 0.6 is 0 Å². The second-order valence-electron chi connectivity index (χ2n) is 7.12. The van der Waals surface area contributed by atoms with E-state index < -0.39 is 0 Å². The van der Waals surface area contributed by atoms with E-state index in [2.05, 4.69) is 32.3 Å². The molecule has 1 fully saturated rings. The summed E-state index contributed by atoms with van der Waals surface area (Å²) in [6.45, 7) is 4.29. The van der Waals surface area contributed by atoms with Crippen molar-refractivity contribution >= 4 is 23.1 Å². The van der Waals surface area contributed by atoms with Gasteiger partial charge in [0.2, 0.25) is 0 Å². The van der Waals surface area contributed by atoms with Gasteiger partial charge in [-0.05, 0) is 56.6 Å². The van der Waals surface area contributed by atoms with E-state index in [0.717, 1.165) is 30.2 Å². The van der Waals surface area contributed by atoms with E-state index in [0.29, 0.717) is 12.1 Å². The summed E-state index contributed by atoms with van der Waals surface area (Å²) >= 11 is 0. The molecule has 5 nitrogen and oxygen atoms in total. The SMILES string of the molecule is O=C1Nc2cccnc2N(C/C=C/CCN2CCCCC2)c2ccccc21. The van der Waals surface area contributed by atoms with Crippen molar-refractivity contribution in [1.29, 1.82) is 0 Å². The molecule has 4 rings (SSSR count). The Labute approximate surface area is 160 Å². The standard InChI is InChI=1S/C22H26N4O/c27-22-18-10-3-4-12-20(18)26(21-19(24-22)11-9-13-23-21)17-8-2-7-16-25-14-5-1-6-15-25/h2-4,8-13H,1,5-7,14-17H2,(H,24,27)/b8-2+. The number of likely N-dealkylation sites (tertiary alicyclic amines) is 1. The number of benzene rings is 1. The van der Waals surface area contributed by atoms with E-state index in [1.807, 2.05) is 36.4 Å². The van der Waals surface area contributed by atoms with E-state index in [9.17, 15) is 4.79 Å². The number of para-hydroxylation sites is 1. The summed E-state index contributed by atoms with van der Waals surface area (Å²) in [6.07, 6.45) is 11.3. The van der Waals surface area contributed by atoms with Crippen LogP contribution in [-0.4, -0.2) is 42.0 Å². The minimum Gasteiger partial charge on any atom is -0.320 e. The lowest BCUT2D eigenvalue weighted by Gasteiger charge is -2.26. The van der Waals surface area contributed by atoms with E-state index in [4.69, 9.17) is 0 Å². The number of anilines is 3. The van der Waals surface area contributed by atoms with Gasteiger partial charge in [0.1, 0.15) is 0 Å². The maximum absolute atomic E-state index is 12.6. The lowest BCUT2D eigenvalue weighted by atomic mass is 10.1. The summed E-state index contributed by atoms with van der Waals surface area (Å²) in [5, 5.41) is 2.98. The third-order valence-corrected chi connectivity index (χ3v) is 5.25. The van der Waals surface area contributed by atoms with Crippen LogP contribution in [0.15, 0.2) is 54.7 Å². The van der Waals surface area contributed by atoms with Gasteiger partial charge in [0.05, 0.1) is 16.9 Å². The molecule has 0 bridgehead atoms. The monoisotopic (exact) mass is 362 g/mol. The fourth-order valence-corrected chi connectivity index (χ4v) is 3.84. The molecule has 2 aromatic rings. The molecule has 1 amide bonds. The van der Waals surface area contributed by atoms with Crippen molar-refractivity contribution in [1.82, 2.24) is 9.88 Å². The maximum Gasteiger partial charge on any atom is 0.257 e. The molecule has 140 valence electrons. The number of hydrogen-bond acceptors (Lipinski definition) is 4. The van der Waals surface area contributed by atoms with Crippen LogP contribution in [0.5, 0.6) is 0 Å². The van der Waals surface area contributed by atoms with Gasteiger partial charge in [-0.3, -0.25) is 4.79 Å². The Bertz CT molecular complexity index is 827. The van der Waals surface area contributed by atoms with Gasteiger partial charge >= 0.3 is 0 Å². The van der Waals surface area contributed by atoms with Crippen molar-refractivity contribution in [2.75, 3.05) is 36.4 Å². The average molecular weight is 362 g/mol. The second-order valence-corrected chi connectivity index (χ2v) is 7.12. The second kappa shape index (κ2) is 8.35. The first-order valence-corrected chi connectivity index (χ1v) is 9.83. The van der Waals surface area contributed by atoms with Crippen LogP contribution < -0.4 is 10.2 Å². The number of carbonyl (C=O) groups excluding carboxylic acids is 1. The van der Waals surface area contributed by atoms with Crippen molar-refractivity contribution in [3.63, 3.8) is 0 Å². The number of pyridine rings is 1. The first kappa shape index (κ1) is 17.7. The van der Waals surface area contributed by atoms with Gasteiger partial charge in [0, 0.05) is 19.3 Å². The molecule has 0 saturated carbocycles. The van der Waals surface area contributed by atoms with Crippen molar-refractivity contribution in [3.8, 4) is 0 Å². The quantitative estimate of drug-likeness (QED) is 0.809. The van der Waals surface area contributed by atoms with Gasteiger partial charge in [0.25, 0.3) is 5.91 Å². The smallest absolute Gasteiger partial charge is 0.257 e. The zero-order valence-corrected chi connectivity index (χ0v) is 15.6. The molecule has 0 spiro atoms. The third kappa shape index (κ3) is 4.03. The largest absolute Gasteiger partial charge is 0.320 e. The minimum atomic E-state index is -0.0866. The van der Waals surface area contributed by atoms with Crippen molar-refractivity contribution in [3.05, 3.63) is 60.3 Å². The Morgan fingerprint density at radius 3 is 2.78 bits per heavy atom. The molecule has 2 aliphatic rings. The number of hydrogen-bond donors (Lipinski definition) is 1. The number of rotatable bonds is 5. The number of nitrogens with zero attached hydrogens (tertiary/aromatic N) is 3. The first-order valence-electron chi connectivity index (χ1n) is 9.83. The van der Waals surface area contributed by atoms with Crippen LogP contribution in [-0.2, 0) is 0 Å². The molecule has 0 radical (unpaired) electrons. The normalized spacial score (nSPS) is 17.3. The zero-order valence-electron chi connectivity index (χ0n) is 15.6. The highest BCUT2D eigenvalue weighted by atomic mass is 16.1. The maximum atomic E-state index is 12.6. The number of nitrogens with one attached hydrogen (secondary N) is 1. The summed E-state index contributed by atoms with van der Waals surface area (Å²) in [6, 6.07) is 11.5. The molecule has 1 saturated heterocycles. The summed E-state index contributed by atoms with van der Waals surface area (Å²) in [7, 11) is 0. The average Bonchev–Trinajstić information content (AvgIpc) is 2.83. The van der Waals surface area contributed by atoms with Gasteiger partial charge in [0.15, 0.2) is 5.82 Å². The number of amides is 1. The molecule has 1 aromatic carbocycles. The molecular formula is C22H26N4O. The number of piperidine rings is 1. The lowest BCUT2D eigenvalue weighted by molar-refractivity contribution is 0.102. The molecule has 1 aromatic heterocycles. The Balaban J connectivity index is 1.50. The van der Waals surface area contributed by atoms with E-state index in [-0.39, 0.29) is 5.91 Å². The zero-order chi connectivity index (χ0) is 18.5. The molecule has 5 heteroatoms. The van der Waals surface area contributed by atoms with Crippen LogP contribution in [0.4, 0.5) is 17.2 Å². The van der Waals surface area contributed by atoms with Crippen molar-refractivity contribution in [2.24, 2.45) is 0 Å². The fourth-order valence-electron chi connectivity index (χ4n) is 3.84. The summed E-state index contributed by atoms with van der Waals surface area (Å²) < 4.78 is 0. The highest BCUT2D eigenvalue weighted by Gasteiger charge is 2.24. The van der Waals surface area contributed by atoms with E-state index >= 15 is 0 Å². The molecule has 0 unspecified atom stereocenters. The number of fused-ring (bicyclic) bond motifs is 2. The number of aromatic nitrogens is 1. The number of carbonyl (C=O) groups is 1. The van der Waals surface area contributed by atoms with Gasteiger partial charge in [-0.15, -0.1) is 0 Å². The predicted molar refractivity (Wildman–Crippen MR) is 110 cm³/mol. The van der Waals surface area contributed by atoms with Crippen LogP contribution in [0.25, 0.3) is 0 Å². The Kier molecular flexibility index (Phi) is 5.49.